The van der Waals surface area contributed by atoms with Crippen LogP contribution in [0.5, 0.6) is 0 Å². The van der Waals surface area contributed by atoms with Gasteiger partial charge >= 0.3 is 0 Å². The maximum atomic E-state index is 12.4. The van der Waals surface area contributed by atoms with Crippen LogP contribution in [-0.4, -0.2) is 32.7 Å². The van der Waals surface area contributed by atoms with Crippen molar-refractivity contribution in [1.82, 2.24) is 9.62 Å². The predicted octanol–water partition coefficient (Wildman–Crippen LogP) is 1.77. The van der Waals surface area contributed by atoms with Crippen molar-refractivity contribution in [2.45, 2.75) is 24.3 Å². The molecule has 0 spiro atoms. The summed E-state index contributed by atoms with van der Waals surface area (Å²) in [6.07, 6.45) is 6.32. The average molecular weight is 334 g/mol. The van der Waals surface area contributed by atoms with E-state index in [4.69, 9.17) is 0 Å². The minimum Gasteiger partial charge on any atom is -0.352 e. The van der Waals surface area contributed by atoms with Crippen LogP contribution in [0, 0.1) is 17.8 Å². The number of nitrogens with one attached hydrogen (secondary N) is 1. The molecule has 0 radical (unpaired) electrons. The van der Waals surface area contributed by atoms with Crippen molar-refractivity contribution in [3.8, 4) is 0 Å². The van der Waals surface area contributed by atoms with Crippen LogP contribution in [0.4, 0.5) is 0 Å². The molecule has 1 aromatic carbocycles. The minimum atomic E-state index is -3.51. The largest absolute Gasteiger partial charge is 0.352 e. The molecule has 23 heavy (non-hydrogen) atoms. The van der Waals surface area contributed by atoms with Gasteiger partial charge in [0.15, 0.2) is 0 Å². The lowest BCUT2D eigenvalue weighted by Crippen LogP contribution is -2.33. The third kappa shape index (κ3) is 3.05. The van der Waals surface area contributed by atoms with Crippen molar-refractivity contribution < 1.29 is 13.2 Å². The molecule has 6 heteroatoms. The number of carbonyl (C=O) groups excluding carboxylic acids is 1. The van der Waals surface area contributed by atoms with Crippen LogP contribution in [0.15, 0.2) is 41.3 Å². The molecule has 1 amide bonds. The molecule has 1 aromatic rings. The van der Waals surface area contributed by atoms with Gasteiger partial charge in [0.25, 0.3) is 0 Å². The van der Waals surface area contributed by atoms with Crippen molar-refractivity contribution in [3.63, 3.8) is 0 Å². The van der Waals surface area contributed by atoms with Gasteiger partial charge < -0.3 is 5.32 Å². The summed E-state index contributed by atoms with van der Waals surface area (Å²) in [5.41, 5.74) is 0.619. The van der Waals surface area contributed by atoms with Crippen molar-refractivity contribution >= 4 is 15.9 Å². The first kappa shape index (κ1) is 16.2. The summed E-state index contributed by atoms with van der Waals surface area (Å²) in [4.78, 5) is 12.6. The Bertz CT molecular complexity index is 740. The smallest absolute Gasteiger partial charge is 0.242 e. The minimum absolute atomic E-state index is 0.0268. The van der Waals surface area contributed by atoms with Crippen molar-refractivity contribution in [1.29, 1.82) is 0 Å². The standard InChI is InChI=1S/C17H22N2O3S/c1-19(2)23(21,22)16-6-4-3-5-14(16)11-18-17(20)15-10-12-7-8-13(15)9-12/h3-8,12-13,15H,9-11H2,1-2H3,(H,18,20). The first-order valence-electron chi connectivity index (χ1n) is 7.86. The zero-order valence-corrected chi connectivity index (χ0v) is 14.2. The molecule has 1 N–H and O–H groups in total. The van der Waals surface area contributed by atoms with E-state index in [1.54, 1.807) is 24.3 Å². The highest BCUT2D eigenvalue weighted by Gasteiger charge is 2.39. The van der Waals surface area contributed by atoms with Gasteiger partial charge in [-0.05, 0) is 36.3 Å². The number of nitrogens with zero attached hydrogens (tertiary/aromatic N) is 1. The van der Waals surface area contributed by atoms with Crippen LogP contribution in [0.25, 0.3) is 0 Å². The topological polar surface area (TPSA) is 66.5 Å². The van der Waals surface area contributed by atoms with Gasteiger partial charge in [-0.3, -0.25) is 4.79 Å². The van der Waals surface area contributed by atoms with Gasteiger partial charge in [0.2, 0.25) is 15.9 Å². The van der Waals surface area contributed by atoms with Crippen molar-refractivity contribution in [3.05, 3.63) is 42.0 Å². The molecule has 0 aromatic heterocycles. The number of rotatable bonds is 5. The number of amides is 1. The quantitative estimate of drug-likeness (QED) is 0.835. The van der Waals surface area contributed by atoms with Crippen molar-refractivity contribution in [2.75, 3.05) is 14.1 Å². The zero-order chi connectivity index (χ0) is 16.6. The Balaban J connectivity index is 1.72. The Morgan fingerprint density at radius 1 is 1.22 bits per heavy atom. The number of fused-ring (bicyclic) bond motifs is 2. The second-order valence-corrected chi connectivity index (χ2v) is 8.62. The van der Waals surface area contributed by atoms with Gasteiger partial charge in [-0.2, -0.15) is 0 Å². The molecular formula is C17H22N2O3S. The fourth-order valence-electron chi connectivity index (χ4n) is 3.49. The first-order chi connectivity index (χ1) is 10.9. The maximum absolute atomic E-state index is 12.4. The molecule has 2 aliphatic rings. The highest BCUT2D eigenvalue weighted by atomic mass is 32.2. The summed E-state index contributed by atoms with van der Waals surface area (Å²) in [6, 6.07) is 6.81. The van der Waals surface area contributed by atoms with E-state index >= 15 is 0 Å². The number of hydrogen-bond acceptors (Lipinski definition) is 3. The van der Waals surface area contributed by atoms with E-state index in [0.29, 0.717) is 17.4 Å². The lowest BCUT2D eigenvalue weighted by molar-refractivity contribution is -0.125. The Hall–Kier alpha value is -1.66. The number of sulfonamides is 1. The highest BCUT2D eigenvalue weighted by molar-refractivity contribution is 7.89. The van der Waals surface area contributed by atoms with E-state index in [0.717, 1.165) is 12.8 Å². The van der Waals surface area contributed by atoms with Crippen LogP contribution in [0.1, 0.15) is 18.4 Å². The molecule has 0 saturated heterocycles. The van der Waals surface area contributed by atoms with E-state index in [1.807, 2.05) is 0 Å². The van der Waals surface area contributed by atoms with Crippen LogP contribution in [0.3, 0.4) is 0 Å². The third-order valence-corrected chi connectivity index (χ3v) is 6.72. The van der Waals surface area contributed by atoms with Gasteiger partial charge in [-0.15, -0.1) is 0 Å². The molecule has 0 aliphatic heterocycles. The van der Waals surface area contributed by atoms with Crippen LogP contribution >= 0.6 is 0 Å². The number of carbonyl (C=O) groups is 1. The second-order valence-electron chi connectivity index (χ2n) is 6.50. The number of allylic oxidation sites excluding steroid dienone is 2. The van der Waals surface area contributed by atoms with E-state index in [2.05, 4.69) is 17.5 Å². The van der Waals surface area contributed by atoms with Gasteiger partial charge in [0.05, 0.1) is 4.90 Å². The van der Waals surface area contributed by atoms with E-state index < -0.39 is 10.0 Å². The fraction of sp³-hybridized carbons (Fsp3) is 0.471. The SMILES string of the molecule is CN(C)S(=O)(=O)c1ccccc1CNC(=O)C1CC2C=CC1C2. The molecule has 124 valence electrons. The summed E-state index contributed by atoms with van der Waals surface area (Å²) in [7, 11) is -0.500. The maximum Gasteiger partial charge on any atom is 0.242 e. The monoisotopic (exact) mass is 334 g/mol. The van der Waals surface area contributed by atoms with Crippen LogP contribution < -0.4 is 5.32 Å². The van der Waals surface area contributed by atoms with Gasteiger partial charge in [0, 0.05) is 26.6 Å². The Kier molecular flexibility index (Phi) is 4.29. The molecule has 3 unspecified atom stereocenters. The van der Waals surface area contributed by atoms with E-state index in [-0.39, 0.29) is 23.3 Å². The zero-order valence-electron chi connectivity index (χ0n) is 13.4. The lowest BCUT2D eigenvalue weighted by atomic mass is 9.93. The lowest BCUT2D eigenvalue weighted by Gasteiger charge is -2.19. The first-order valence-corrected chi connectivity index (χ1v) is 9.30. The summed E-state index contributed by atoms with van der Waals surface area (Å²) < 4.78 is 25.9. The van der Waals surface area contributed by atoms with Gasteiger partial charge in [0.1, 0.15) is 0 Å². The molecule has 2 aliphatic carbocycles. The molecule has 2 bridgehead atoms. The van der Waals surface area contributed by atoms with Gasteiger partial charge in [-0.25, -0.2) is 12.7 Å². The molecule has 1 fully saturated rings. The molecule has 3 atom stereocenters. The summed E-state index contributed by atoms with van der Waals surface area (Å²) in [5.74, 6) is 0.944. The Morgan fingerprint density at radius 2 is 1.96 bits per heavy atom. The van der Waals surface area contributed by atoms with E-state index in [9.17, 15) is 13.2 Å². The van der Waals surface area contributed by atoms with Crippen LogP contribution in [0.2, 0.25) is 0 Å². The number of benzene rings is 1. The van der Waals surface area contributed by atoms with Crippen molar-refractivity contribution in [2.24, 2.45) is 17.8 Å². The summed E-state index contributed by atoms with van der Waals surface area (Å²) >= 11 is 0. The second kappa shape index (κ2) is 6.09. The summed E-state index contributed by atoms with van der Waals surface area (Å²) in [6.45, 7) is 0.236. The molecule has 0 heterocycles. The predicted molar refractivity (Wildman–Crippen MR) is 88.0 cm³/mol. The number of hydrogen-bond donors (Lipinski definition) is 1. The fourth-order valence-corrected chi connectivity index (χ4v) is 4.61. The third-order valence-electron chi connectivity index (χ3n) is 4.80. The molecule has 3 rings (SSSR count). The Labute approximate surface area is 137 Å². The Morgan fingerprint density at radius 3 is 2.57 bits per heavy atom. The average Bonchev–Trinajstić information content (AvgIpc) is 3.15. The normalized spacial score (nSPS) is 26.0. The van der Waals surface area contributed by atoms with Crippen LogP contribution in [-0.2, 0) is 21.4 Å². The summed E-state index contributed by atoms with van der Waals surface area (Å²) in [5, 5.41) is 2.92. The van der Waals surface area contributed by atoms with E-state index in [1.165, 1.54) is 18.4 Å². The molecule has 5 nitrogen and oxygen atoms in total. The highest BCUT2D eigenvalue weighted by Crippen LogP contribution is 2.43. The molecular weight excluding hydrogens is 312 g/mol. The van der Waals surface area contributed by atoms with Gasteiger partial charge in [-0.1, -0.05) is 30.4 Å². The molecule has 1 saturated carbocycles.